The van der Waals surface area contributed by atoms with Crippen LogP contribution < -0.4 is 0 Å². The highest BCUT2D eigenvalue weighted by atomic mass is 32.1. The summed E-state index contributed by atoms with van der Waals surface area (Å²) in [7, 11) is 0. The van der Waals surface area contributed by atoms with E-state index in [1.54, 1.807) is 11.3 Å². The van der Waals surface area contributed by atoms with Crippen molar-refractivity contribution in [2.24, 2.45) is 11.3 Å². The molecule has 0 spiro atoms. The molecule has 94 valence electrons. The highest BCUT2D eigenvalue weighted by Crippen LogP contribution is 2.49. The molecule has 0 amide bonds. The van der Waals surface area contributed by atoms with Gasteiger partial charge in [-0.05, 0) is 32.1 Å². The lowest BCUT2D eigenvalue weighted by molar-refractivity contribution is 0.000554. The average Bonchev–Trinajstić information content (AvgIpc) is 2.96. The molecule has 3 rings (SSSR count). The molecule has 1 aliphatic carbocycles. The predicted octanol–water partition coefficient (Wildman–Crippen LogP) is 2.17. The quantitative estimate of drug-likeness (QED) is 0.894. The fraction of sp³-hybridized carbons (Fsp3) is 0.769. The lowest BCUT2D eigenvalue weighted by atomic mass is 9.77. The first kappa shape index (κ1) is 11.6. The smallest absolute Gasteiger partial charge is 0.0935 e. The molecule has 1 N–H and O–H groups in total. The van der Waals surface area contributed by atoms with Crippen molar-refractivity contribution in [2.75, 3.05) is 13.2 Å². The van der Waals surface area contributed by atoms with E-state index in [4.69, 9.17) is 4.74 Å². The van der Waals surface area contributed by atoms with Gasteiger partial charge >= 0.3 is 0 Å². The molecule has 2 heterocycles. The summed E-state index contributed by atoms with van der Waals surface area (Å²) < 4.78 is 5.88. The van der Waals surface area contributed by atoms with Gasteiger partial charge in [0, 0.05) is 29.5 Å². The van der Waals surface area contributed by atoms with Crippen LogP contribution in [0.1, 0.15) is 30.0 Å². The Morgan fingerprint density at radius 3 is 3.00 bits per heavy atom. The molecule has 1 saturated carbocycles. The zero-order chi connectivity index (χ0) is 11.9. The molecule has 2 unspecified atom stereocenters. The van der Waals surface area contributed by atoms with Gasteiger partial charge in [-0.3, -0.25) is 0 Å². The average molecular weight is 253 g/mol. The van der Waals surface area contributed by atoms with E-state index in [1.807, 2.05) is 6.92 Å². The van der Waals surface area contributed by atoms with Crippen molar-refractivity contribution in [3.8, 4) is 0 Å². The standard InChI is InChI=1S/C13H19NO2S/c1-9-7-17-11(14-9)6-13(8-15)4-5-16-12(13)10-2-3-10/h7,10,12,15H,2-6,8H2,1H3. The van der Waals surface area contributed by atoms with Crippen LogP contribution in [-0.2, 0) is 11.2 Å². The number of aryl methyl sites for hydroxylation is 1. The first-order valence-corrected chi connectivity index (χ1v) is 7.25. The second-order valence-corrected chi connectivity index (χ2v) is 6.40. The van der Waals surface area contributed by atoms with Gasteiger partial charge in [0.2, 0.25) is 0 Å². The minimum absolute atomic E-state index is 0.0640. The Morgan fingerprint density at radius 2 is 2.41 bits per heavy atom. The highest BCUT2D eigenvalue weighted by molar-refractivity contribution is 7.09. The highest BCUT2D eigenvalue weighted by Gasteiger charge is 2.50. The lowest BCUT2D eigenvalue weighted by Gasteiger charge is -2.31. The molecule has 0 bridgehead atoms. The number of nitrogens with zero attached hydrogens (tertiary/aromatic N) is 1. The summed E-state index contributed by atoms with van der Waals surface area (Å²) in [6, 6.07) is 0. The summed E-state index contributed by atoms with van der Waals surface area (Å²) >= 11 is 1.71. The number of thiazole rings is 1. The van der Waals surface area contributed by atoms with Crippen molar-refractivity contribution in [3.05, 3.63) is 16.1 Å². The summed E-state index contributed by atoms with van der Waals surface area (Å²) in [5.41, 5.74) is 1.02. The molecule has 2 fully saturated rings. The molecular formula is C13H19NO2S. The van der Waals surface area contributed by atoms with E-state index in [2.05, 4.69) is 10.4 Å². The van der Waals surface area contributed by atoms with E-state index in [9.17, 15) is 5.11 Å². The predicted molar refractivity (Wildman–Crippen MR) is 67.2 cm³/mol. The van der Waals surface area contributed by atoms with Crippen LogP contribution in [0.5, 0.6) is 0 Å². The molecular weight excluding hydrogens is 234 g/mol. The van der Waals surface area contributed by atoms with Gasteiger partial charge in [0.1, 0.15) is 0 Å². The summed E-state index contributed by atoms with van der Waals surface area (Å²) in [5, 5.41) is 13.1. The van der Waals surface area contributed by atoms with Crippen LogP contribution in [0.2, 0.25) is 0 Å². The molecule has 1 aromatic rings. The first-order chi connectivity index (χ1) is 8.23. The van der Waals surface area contributed by atoms with Crippen LogP contribution in [-0.4, -0.2) is 29.4 Å². The van der Waals surface area contributed by atoms with Gasteiger partial charge in [0.15, 0.2) is 0 Å². The van der Waals surface area contributed by atoms with E-state index < -0.39 is 0 Å². The normalized spacial score (nSPS) is 33.2. The van der Waals surface area contributed by atoms with E-state index in [-0.39, 0.29) is 18.1 Å². The number of hydrogen-bond acceptors (Lipinski definition) is 4. The molecule has 0 aromatic carbocycles. The van der Waals surface area contributed by atoms with Crippen molar-refractivity contribution in [1.82, 2.24) is 4.98 Å². The molecule has 1 aliphatic heterocycles. The summed E-state index contributed by atoms with van der Waals surface area (Å²) in [5.74, 6) is 0.686. The van der Waals surface area contributed by atoms with E-state index >= 15 is 0 Å². The summed E-state index contributed by atoms with van der Waals surface area (Å²) in [6.07, 6.45) is 4.65. The van der Waals surface area contributed by atoms with Crippen LogP contribution in [0, 0.1) is 18.3 Å². The molecule has 2 aliphatic rings. The monoisotopic (exact) mass is 253 g/mol. The third-order valence-electron chi connectivity index (χ3n) is 4.04. The van der Waals surface area contributed by atoms with Crippen LogP contribution in [0.25, 0.3) is 0 Å². The molecule has 3 nitrogen and oxygen atoms in total. The summed E-state index contributed by atoms with van der Waals surface area (Å²) in [4.78, 5) is 4.53. The van der Waals surface area contributed by atoms with E-state index in [0.29, 0.717) is 5.92 Å². The molecule has 0 radical (unpaired) electrons. The number of ether oxygens (including phenoxy) is 1. The Labute approximate surface area is 106 Å². The number of aliphatic hydroxyl groups excluding tert-OH is 1. The zero-order valence-corrected chi connectivity index (χ0v) is 11.0. The Bertz CT molecular complexity index is 402. The molecule has 17 heavy (non-hydrogen) atoms. The van der Waals surface area contributed by atoms with Gasteiger partial charge in [0.25, 0.3) is 0 Å². The van der Waals surface area contributed by atoms with Crippen LogP contribution in [0.15, 0.2) is 5.38 Å². The number of hydrogen-bond donors (Lipinski definition) is 1. The zero-order valence-electron chi connectivity index (χ0n) is 10.2. The van der Waals surface area contributed by atoms with Crippen LogP contribution in [0.4, 0.5) is 0 Å². The van der Waals surface area contributed by atoms with Crippen LogP contribution in [0.3, 0.4) is 0 Å². The first-order valence-electron chi connectivity index (χ1n) is 6.37. The Morgan fingerprint density at radius 1 is 1.59 bits per heavy atom. The maximum absolute atomic E-state index is 9.83. The van der Waals surface area contributed by atoms with Crippen molar-refractivity contribution in [2.45, 2.75) is 38.7 Å². The third-order valence-corrected chi connectivity index (χ3v) is 5.00. The van der Waals surface area contributed by atoms with Gasteiger partial charge in [-0.25, -0.2) is 4.98 Å². The lowest BCUT2D eigenvalue weighted by Crippen LogP contribution is -2.38. The SMILES string of the molecule is Cc1csc(CC2(CO)CCOC2C2CC2)n1. The van der Waals surface area contributed by atoms with Crippen molar-refractivity contribution in [1.29, 1.82) is 0 Å². The fourth-order valence-electron chi connectivity index (χ4n) is 2.94. The minimum Gasteiger partial charge on any atom is -0.396 e. The second kappa shape index (κ2) is 4.34. The Kier molecular flexibility index (Phi) is 2.97. The topological polar surface area (TPSA) is 42.4 Å². The van der Waals surface area contributed by atoms with Gasteiger partial charge in [0.05, 0.1) is 17.7 Å². The van der Waals surface area contributed by atoms with Gasteiger partial charge in [-0.1, -0.05) is 0 Å². The van der Waals surface area contributed by atoms with Gasteiger partial charge < -0.3 is 9.84 Å². The molecule has 1 aromatic heterocycles. The Hall–Kier alpha value is -0.450. The van der Waals surface area contributed by atoms with E-state index in [1.165, 1.54) is 12.8 Å². The fourth-order valence-corrected chi connectivity index (χ4v) is 3.87. The minimum atomic E-state index is -0.0640. The summed E-state index contributed by atoms with van der Waals surface area (Å²) in [6.45, 7) is 3.05. The van der Waals surface area contributed by atoms with Crippen LogP contribution >= 0.6 is 11.3 Å². The van der Waals surface area contributed by atoms with Crippen molar-refractivity contribution < 1.29 is 9.84 Å². The third kappa shape index (κ3) is 2.14. The molecule has 1 saturated heterocycles. The van der Waals surface area contributed by atoms with Crippen molar-refractivity contribution in [3.63, 3.8) is 0 Å². The molecule has 4 heteroatoms. The maximum Gasteiger partial charge on any atom is 0.0935 e. The number of rotatable bonds is 4. The van der Waals surface area contributed by atoms with Crippen molar-refractivity contribution >= 4 is 11.3 Å². The largest absolute Gasteiger partial charge is 0.396 e. The number of aliphatic hydroxyl groups is 1. The van der Waals surface area contributed by atoms with Gasteiger partial charge in [-0.15, -0.1) is 11.3 Å². The molecule has 2 atom stereocenters. The maximum atomic E-state index is 9.83. The van der Waals surface area contributed by atoms with Gasteiger partial charge in [-0.2, -0.15) is 0 Å². The van der Waals surface area contributed by atoms with E-state index in [0.717, 1.165) is 30.2 Å². The second-order valence-electron chi connectivity index (χ2n) is 5.46. The Balaban J connectivity index is 1.80. The number of aromatic nitrogens is 1.